The van der Waals surface area contributed by atoms with E-state index < -0.39 is 23.5 Å². The van der Waals surface area contributed by atoms with Gasteiger partial charge in [0.2, 0.25) is 0 Å². The van der Waals surface area contributed by atoms with Crippen LogP contribution in [0.2, 0.25) is 0 Å². The zero-order valence-electron chi connectivity index (χ0n) is 12.8. The van der Waals surface area contributed by atoms with E-state index in [9.17, 15) is 14.7 Å². The van der Waals surface area contributed by atoms with E-state index in [4.69, 9.17) is 4.74 Å². The van der Waals surface area contributed by atoms with E-state index in [1.807, 2.05) is 30.3 Å². The highest BCUT2D eigenvalue weighted by molar-refractivity contribution is 6.08. The standard InChI is InChI=1S/C17H19NO4/c1-17(2,22-3)14(16(20)21)18-15(19)13-10-6-8-11-7-4-5-9-12(11)13/h4-10,14H,1-3H3,(H,18,19)(H,20,21)/t14-/m1/s1. The van der Waals surface area contributed by atoms with Crippen molar-refractivity contribution in [2.24, 2.45) is 0 Å². The predicted molar refractivity (Wildman–Crippen MR) is 83.9 cm³/mol. The molecule has 0 aromatic heterocycles. The van der Waals surface area contributed by atoms with Crippen LogP contribution in [0.1, 0.15) is 24.2 Å². The molecule has 0 fully saturated rings. The molecular weight excluding hydrogens is 282 g/mol. The minimum Gasteiger partial charge on any atom is -0.480 e. The van der Waals surface area contributed by atoms with Gasteiger partial charge in [0.25, 0.3) is 5.91 Å². The molecular formula is C17H19NO4. The molecule has 2 aromatic carbocycles. The first-order chi connectivity index (χ1) is 10.4. The number of rotatable bonds is 5. The first kappa shape index (κ1) is 16.0. The molecule has 0 bridgehead atoms. The molecule has 1 atom stereocenters. The van der Waals surface area contributed by atoms with Gasteiger partial charge in [-0.05, 0) is 30.7 Å². The molecule has 22 heavy (non-hydrogen) atoms. The number of carbonyl (C=O) groups excluding carboxylic acids is 1. The van der Waals surface area contributed by atoms with Crippen molar-refractivity contribution in [2.75, 3.05) is 7.11 Å². The van der Waals surface area contributed by atoms with E-state index in [0.29, 0.717) is 5.56 Å². The van der Waals surface area contributed by atoms with Gasteiger partial charge in [-0.1, -0.05) is 36.4 Å². The Hall–Kier alpha value is -2.40. The Labute approximate surface area is 128 Å². The Morgan fingerprint density at radius 3 is 2.41 bits per heavy atom. The third-order valence-electron chi connectivity index (χ3n) is 3.78. The van der Waals surface area contributed by atoms with E-state index >= 15 is 0 Å². The van der Waals surface area contributed by atoms with Crippen molar-refractivity contribution in [3.8, 4) is 0 Å². The number of amides is 1. The molecule has 5 heteroatoms. The third kappa shape index (κ3) is 3.09. The molecule has 0 aliphatic carbocycles. The Balaban J connectivity index is 2.36. The van der Waals surface area contributed by atoms with Gasteiger partial charge in [0, 0.05) is 12.7 Å². The summed E-state index contributed by atoms with van der Waals surface area (Å²) in [5, 5.41) is 13.6. The Morgan fingerprint density at radius 1 is 1.14 bits per heavy atom. The lowest BCUT2D eigenvalue weighted by molar-refractivity contribution is -0.146. The summed E-state index contributed by atoms with van der Waals surface area (Å²) in [7, 11) is 1.42. The Morgan fingerprint density at radius 2 is 1.77 bits per heavy atom. The molecule has 0 saturated carbocycles. The summed E-state index contributed by atoms with van der Waals surface area (Å²) in [4.78, 5) is 23.9. The number of carboxylic acid groups (broad SMARTS) is 1. The highest BCUT2D eigenvalue weighted by Gasteiger charge is 2.37. The number of nitrogens with one attached hydrogen (secondary N) is 1. The molecule has 0 aliphatic rings. The van der Waals surface area contributed by atoms with Crippen molar-refractivity contribution in [3.05, 3.63) is 48.0 Å². The number of benzene rings is 2. The van der Waals surface area contributed by atoms with Crippen molar-refractivity contribution in [3.63, 3.8) is 0 Å². The Bertz CT molecular complexity index is 703. The van der Waals surface area contributed by atoms with Gasteiger partial charge in [-0.25, -0.2) is 4.79 Å². The molecule has 116 valence electrons. The summed E-state index contributed by atoms with van der Waals surface area (Å²) in [6, 6.07) is 11.7. The first-order valence-electron chi connectivity index (χ1n) is 6.93. The SMILES string of the molecule is COC(C)(C)[C@H](NC(=O)c1cccc2ccccc12)C(=O)O. The minimum absolute atomic E-state index is 0.436. The summed E-state index contributed by atoms with van der Waals surface area (Å²) in [5.41, 5.74) is -0.581. The zero-order chi connectivity index (χ0) is 16.3. The number of hydrogen-bond acceptors (Lipinski definition) is 3. The maximum Gasteiger partial charge on any atom is 0.329 e. The van der Waals surface area contributed by atoms with Crippen molar-refractivity contribution in [2.45, 2.75) is 25.5 Å². The van der Waals surface area contributed by atoms with Crippen molar-refractivity contribution in [1.29, 1.82) is 0 Å². The molecule has 0 heterocycles. The maximum absolute atomic E-state index is 12.5. The molecule has 0 radical (unpaired) electrons. The molecule has 5 nitrogen and oxygen atoms in total. The van der Waals surface area contributed by atoms with Crippen LogP contribution in [-0.2, 0) is 9.53 Å². The molecule has 2 aromatic rings. The van der Waals surface area contributed by atoms with Crippen molar-refractivity contribution in [1.82, 2.24) is 5.32 Å². The van der Waals surface area contributed by atoms with E-state index in [2.05, 4.69) is 5.32 Å². The van der Waals surface area contributed by atoms with Crippen molar-refractivity contribution < 1.29 is 19.4 Å². The van der Waals surface area contributed by atoms with Crippen molar-refractivity contribution >= 4 is 22.6 Å². The van der Waals surface area contributed by atoms with E-state index in [1.165, 1.54) is 7.11 Å². The lowest BCUT2D eigenvalue weighted by Gasteiger charge is -2.30. The Kier molecular flexibility index (Phi) is 4.47. The number of carboxylic acids is 1. The number of carbonyl (C=O) groups is 2. The van der Waals surface area contributed by atoms with Gasteiger partial charge in [0.05, 0.1) is 5.60 Å². The average Bonchev–Trinajstić information content (AvgIpc) is 2.51. The summed E-state index contributed by atoms with van der Waals surface area (Å²) >= 11 is 0. The third-order valence-corrected chi connectivity index (χ3v) is 3.78. The number of fused-ring (bicyclic) bond motifs is 1. The quantitative estimate of drug-likeness (QED) is 0.889. The molecule has 1 amide bonds. The van der Waals surface area contributed by atoms with Gasteiger partial charge in [-0.15, -0.1) is 0 Å². The zero-order valence-corrected chi connectivity index (χ0v) is 12.8. The van der Waals surface area contributed by atoms with Gasteiger partial charge < -0.3 is 15.2 Å². The van der Waals surface area contributed by atoms with Crippen LogP contribution in [0, 0.1) is 0 Å². The second kappa shape index (κ2) is 6.15. The van der Waals surface area contributed by atoms with Crippen LogP contribution in [0.25, 0.3) is 10.8 Å². The smallest absolute Gasteiger partial charge is 0.329 e. The molecule has 0 unspecified atom stereocenters. The van der Waals surface area contributed by atoms with Gasteiger partial charge in [-0.3, -0.25) is 4.79 Å². The van der Waals surface area contributed by atoms with Crippen LogP contribution in [0.4, 0.5) is 0 Å². The highest BCUT2D eigenvalue weighted by Crippen LogP contribution is 2.20. The second-order valence-electron chi connectivity index (χ2n) is 5.58. The molecule has 2 rings (SSSR count). The fraction of sp³-hybridized carbons (Fsp3) is 0.294. The predicted octanol–water partition coefficient (Wildman–Crippen LogP) is 2.45. The van der Waals surface area contributed by atoms with Crippen LogP contribution < -0.4 is 5.32 Å². The molecule has 0 aliphatic heterocycles. The topological polar surface area (TPSA) is 75.6 Å². The van der Waals surface area contributed by atoms with Crippen LogP contribution in [0.15, 0.2) is 42.5 Å². The largest absolute Gasteiger partial charge is 0.480 e. The fourth-order valence-corrected chi connectivity index (χ4v) is 2.28. The van der Waals surface area contributed by atoms with Crippen LogP contribution in [0.3, 0.4) is 0 Å². The number of aliphatic carboxylic acids is 1. The lowest BCUT2D eigenvalue weighted by atomic mass is 9.97. The number of hydrogen-bond donors (Lipinski definition) is 2. The summed E-state index contributed by atoms with van der Waals surface area (Å²) < 4.78 is 5.19. The summed E-state index contributed by atoms with van der Waals surface area (Å²) in [6.07, 6.45) is 0. The second-order valence-corrected chi connectivity index (χ2v) is 5.58. The van der Waals surface area contributed by atoms with Crippen LogP contribution in [-0.4, -0.2) is 35.7 Å². The van der Waals surface area contributed by atoms with Crippen LogP contribution in [0.5, 0.6) is 0 Å². The number of ether oxygens (including phenoxy) is 1. The number of methoxy groups -OCH3 is 1. The molecule has 0 spiro atoms. The lowest BCUT2D eigenvalue weighted by Crippen LogP contribution is -2.55. The summed E-state index contributed by atoms with van der Waals surface area (Å²) in [5.74, 6) is -1.57. The fourth-order valence-electron chi connectivity index (χ4n) is 2.28. The average molecular weight is 301 g/mol. The van der Waals surface area contributed by atoms with E-state index in [0.717, 1.165) is 10.8 Å². The normalized spacial score (nSPS) is 12.9. The van der Waals surface area contributed by atoms with Gasteiger partial charge in [-0.2, -0.15) is 0 Å². The highest BCUT2D eigenvalue weighted by atomic mass is 16.5. The van der Waals surface area contributed by atoms with Gasteiger partial charge in [0.15, 0.2) is 6.04 Å². The monoisotopic (exact) mass is 301 g/mol. The first-order valence-corrected chi connectivity index (χ1v) is 6.93. The van der Waals surface area contributed by atoms with Crippen LogP contribution >= 0.6 is 0 Å². The van der Waals surface area contributed by atoms with E-state index in [-0.39, 0.29) is 0 Å². The summed E-state index contributed by atoms with van der Waals surface area (Å²) in [6.45, 7) is 3.24. The molecule has 0 saturated heterocycles. The maximum atomic E-state index is 12.5. The minimum atomic E-state index is -1.15. The van der Waals surface area contributed by atoms with Gasteiger partial charge >= 0.3 is 5.97 Å². The molecule has 2 N–H and O–H groups in total. The van der Waals surface area contributed by atoms with E-state index in [1.54, 1.807) is 26.0 Å². The van der Waals surface area contributed by atoms with Gasteiger partial charge in [0.1, 0.15) is 0 Å².